The summed E-state index contributed by atoms with van der Waals surface area (Å²) in [5, 5.41) is 6.28. The van der Waals surface area contributed by atoms with Crippen molar-refractivity contribution in [3.8, 4) is 0 Å². The maximum absolute atomic E-state index is 12.2. The maximum Gasteiger partial charge on any atom is 0.249 e. The van der Waals surface area contributed by atoms with E-state index in [-0.39, 0.29) is 17.6 Å². The molecule has 1 aliphatic carbocycles. The van der Waals surface area contributed by atoms with E-state index in [1.807, 2.05) is 11.6 Å². The Hall–Kier alpha value is -0.980. The number of thiazole rings is 1. The van der Waals surface area contributed by atoms with Crippen LogP contribution in [0.3, 0.4) is 0 Å². The molecule has 0 bridgehead atoms. The molecule has 4 rings (SSSR count). The van der Waals surface area contributed by atoms with Gasteiger partial charge in [0, 0.05) is 31.2 Å². The quantitative estimate of drug-likeness (QED) is 0.896. The highest BCUT2D eigenvalue weighted by Crippen LogP contribution is 2.39. The number of likely N-dealkylation sites (tertiary alicyclic amines) is 1. The molecule has 0 radical (unpaired) electrons. The van der Waals surface area contributed by atoms with Gasteiger partial charge in [-0.25, -0.2) is 4.98 Å². The lowest BCUT2D eigenvalue weighted by Gasteiger charge is -2.38. The number of nitrogens with one attached hydrogen (secondary N) is 1. The topological polar surface area (TPSA) is 54.5 Å². The molecule has 1 aromatic rings. The third kappa shape index (κ3) is 3.75. The molecule has 0 unspecified atom stereocenters. The van der Waals surface area contributed by atoms with Crippen LogP contribution in [0.1, 0.15) is 43.5 Å². The summed E-state index contributed by atoms with van der Waals surface area (Å²) >= 11 is 1.72. The summed E-state index contributed by atoms with van der Waals surface area (Å²) in [6.45, 7) is 3.86. The summed E-state index contributed by atoms with van der Waals surface area (Å²) in [5.41, 5.74) is -0.0546. The zero-order chi connectivity index (χ0) is 15.7. The van der Waals surface area contributed by atoms with Gasteiger partial charge in [-0.15, -0.1) is 11.3 Å². The molecule has 1 N–H and O–H groups in total. The normalized spacial score (nSPS) is 27.4. The highest BCUT2D eigenvalue weighted by atomic mass is 32.1. The van der Waals surface area contributed by atoms with E-state index in [1.165, 1.54) is 17.8 Å². The minimum atomic E-state index is -0.223. The summed E-state index contributed by atoms with van der Waals surface area (Å²) in [4.78, 5) is 19.0. The minimum Gasteiger partial charge on any atom is -0.362 e. The number of nitrogens with zero attached hydrogens (tertiary/aromatic N) is 2. The van der Waals surface area contributed by atoms with E-state index < -0.39 is 0 Å². The third-order valence-electron chi connectivity index (χ3n) is 5.42. The van der Waals surface area contributed by atoms with E-state index in [0.29, 0.717) is 0 Å². The lowest BCUT2D eigenvalue weighted by molar-refractivity contribution is -0.140. The van der Waals surface area contributed by atoms with E-state index in [9.17, 15) is 4.79 Å². The molecule has 126 valence electrons. The smallest absolute Gasteiger partial charge is 0.249 e. The fourth-order valence-electron chi connectivity index (χ4n) is 3.69. The Balaban J connectivity index is 1.25. The van der Waals surface area contributed by atoms with Gasteiger partial charge < -0.3 is 10.1 Å². The molecule has 3 fully saturated rings. The van der Waals surface area contributed by atoms with Crippen LogP contribution in [0.5, 0.6) is 0 Å². The summed E-state index contributed by atoms with van der Waals surface area (Å²) in [7, 11) is 0. The van der Waals surface area contributed by atoms with Gasteiger partial charge in [0.05, 0.1) is 12.1 Å². The Bertz CT molecular complexity index is 536. The van der Waals surface area contributed by atoms with Crippen molar-refractivity contribution in [1.29, 1.82) is 0 Å². The molecule has 5 nitrogen and oxygen atoms in total. The molecule has 1 amide bonds. The monoisotopic (exact) mass is 335 g/mol. The second-order valence-electron chi connectivity index (χ2n) is 7.22. The Morgan fingerprint density at radius 3 is 2.87 bits per heavy atom. The van der Waals surface area contributed by atoms with Gasteiger partial charge in [-0.1, -0.05) is 0 Å². The number of hydrogen-bond acceptors (Lipinski definition) is 5. The van der Waals surface area contributed by atoms with Gasteiger partial charge in [0.2, 0.25) is 5.91 Å². The van der Waals surface area contributed by atoms with Crippen LogP contribution in [-0.2, 0) is 16.1 Å². The fourth-order valence-corrected chi connectivity index (χ4v) is 4.35. The first kappa shape index (κ1) is 15.5. The number of piperidine rings is 1. The van der Waals surface area contributed by atoms with Crippen LogP contribution in [0.15, 0.2) is 11.6 Å². The number of ether oxygens (including phenoxy) is 1. The van der Waals surface area contributed by atoms with Gasteiger partial charge in [0.1, 0.15) is 11.1 Å². The Morgan fingerprint density at radius 1 is 1.35 bits per heavy atom. The van der Waals surface area contributed by atoms with Crippen molar-refractivity contribution in [1.82, 2.24) is 15.2 Å². The molecule has 23 heavy (non-hydrogen) atoms. The molecule has 0 aromatic carbocycles. The van der Waals surface area contributed by atoms with Crippen molar-refractivity contribution in [3.05, 3.63) is 16.6 Å². The second kappa shape index (κ2) is 6.49. The lowest BCUT2D eigenvalue weighted by Crippen LogP contribution is -2.45. The van der Waals surface area contributed by atoms with E-state index in [0.717, 1.165) is 57.8 Å². The Labute approximate surface area is 141 Å². The van der Waals surface area contributed by atoms with Crippen molar-refractivity contribution in [2.75, 3.05) is 19.6 Å². The van der Waals surface area contributed by atoms with Crippen LogP contribution in [-0.4, -0.2) is 47.1 Å². The molecule has 6 heteroatoms. The Morgan fingerprint density at radius 2 is 2.17 bits per heavy atom. The molecule has 2 aliphatic heterocycles. The van der Waals surface area contributed by atoms with Crippen LogP contribution in [0, 0.1) is 5.92 Å². The number of hydrogen-bond donors (Lipinski definition) is 1. The van der Waals surface area contributed by atoms with E-state index in [1.54, 1.807) is 11.3 Å². The number of carbonyl (C=O) groups is 1. The van der Waals surface area contributed by atoms with Gasteiger partial charge in [0.25, 0.3) is 0 Å². The third-order valence-corrected chi connectivity index (χ3v) is 6.18. The molecule has 1 atom stereocenters. The average molecular weight is 335 g/mol. The van der Waals surface area contributed by atoms with Gasteiger partial charge in [-0.3, -0.25) is 9.69 Å². The van der Waals surface area contributed by atoms with Crippen molar-refractivity contribution >= 4 is 17.2 Å². The molecule has 1 saturated carbocycles. The molecule has 1 spiro atoms. The van der Waals surface area contributed by atoms with Crippen LogP contribution in [0.25, 0.3) is 0 Å². The summed E-state index contributed by atoms with van der Waals surface area (Å²) in [6.07, 6.45) is 8.16. The second-order valence-corrected chi connectivity index (χ2v) is 8.20. The number of rotatable bonds is 5. The van der Waals surface area contributed by atoms with Crippen LogP contribution >= 0.6 is 11.3 Å². The van der Waals surface area contributed by atoms with Crippen LogP contribution in [0.2, 0.25) is 0 Å². The van der Waals surface area contributed by atoms with E-state index in [4.69, 9.17) is 4.74 Å². The average Bonchev–Trinajstić information content (AvgIpc) is 3.08. The van der Waals surface area contributed by atoms with Crippen molar-refractivity contribution in [2.24, 2.45) is 5.92 Å². The standard InChI is InChI=1S/C17H25N3O2S/c21-16(19-11-13-1-2-13)14-3-4-17(22-14)5-8-20(9-6-17)12-15-18-7-10-23-15/h7,10,13-14H,1-6,8-9,11-12H2,(H,19,21)/t14-/m0/s1. The highest BCUT2D eigenvalue weighted by Gasteiger charge is 2.44. The Kier molecular flexibility index (Phi) is 4.39. The first-order valence-corrected chi connectivity index (χ1v) is 9.67. The van der Waals surface area contributed by atoms with E-state index >= 15 is 0 Å². The number of carbonyl (C=O) groups excluding carboxylic acids is 1. The van der Waals surface area contributed by atoms with Crippen LogP contribution < -0.4 is 5.32 Å². The molecule has 3 aliphatic rings. The minimum absolute atomic E-state index is 0.0546. The fraction of sp³-hybridized carbons (Fsp3) is 0.765. The summed E-state index contributed by atoms with van der Waals surface area (Å²) < 4.78 is 6.24. The SMILES string of the molecule is O=C(NCC1CC1)[C@@H]1CCC2(CCN(Cc3nccs3)CC2)O1. The molecule has 3 heterocycles. The molecule has 2 saturated heterocycles. The first-order chi connectivity index (χ1) is 11.2. The molecular formula is C17H25N3O2S. The largest absolute Gasteiger partial charge is 0.362 e. The number of aromatic nitrogens is 1. The van der Waals surface area contributed by atoms with Gasteiger partial charge in [-0.05, 0) is 44.4 Å². The molecule has 1 aromatic heterocycles. The zero-order valence-corrected chi connectivity index (χ0v) is 14.3. The number of amides is 1. The lowest BCUT2D eigenvalue weighted by atomic mass is 9.88. The zero-order valence-electron chi connectivity index (χ0n) is 13.5. The van der Waals surface area contributed by atoms with Crippen molar-refractivity contribution in [2.45, 2.75) is 56.8 Å². The predicted octanol–water partition coefficient (Wildman–Crippen LogP) is 2.18. The van der Waals surface area contributed by atoms with Gasteiger partial charge in [-0.2, -0.15) is 0 Å². The molecular weight excluding hydrogens is 310 g/mol. The predicted molar refractivity (Wildman–Crippen MR) is 89.2 cm³/mol. The van der Waals surface area contributed by atoms with Crippen molar-refractivity contribution < 1.29 is 9.53 Å². The first-order valence-electron chi connectivity index (χ1n) is 8.79. The van der Waals surface area contributed by atoms with Gasteiger partial charge >= 0.3 is 0 Å². The van der Waals surface area contributed by atoms with Crippen LogP contribution in [0.4, 0.5) is 0 Å². The van der Waals surface area contributed by atoms with Crippen molar-refractivity contribution in [3.63, 3.8) is 0 Å². The van der Waals surface area contributed by atoms with Gasteiger partial charge in [0.15, 0.2) is 0 Å². The summed E-state index contributed by atoms with van der Waals surface area (Å²) in [6, 6.07) is 0. The highest BCUT2D eigenvalue weighted by molar-refractivity contribution is 7.09. The summed E-state index contributed by atoms with van der Waals surface area (Å²) in [5.74, 6) is 0.836. The van der Waals surface area contributed by atoms with E-state index in [2.05, 4.69) is 15.2 Å². The maximum atomic E-state index is 12.2.